The maximum absolute atomic E-state index is 13.7. The topological polar surface area (TPSA) is 53.9 Å². The summed E-state index contributed by atoms with van der Waals surface area (Å²) in [4.78, 5) is 26.2. The standard InChI is InChI=1S/C16H21F2N3O2/c1-11(14-4-3-13(17)9-15(14)18)19-16(23)10-20-5-7-21(8-6-20)12(2)22/h3-4,9,11H,5-8,10H2,1-2H3,(H,19,23)/p+1/t11-/m1/s1. The van der Waals surface area contributed by atoms with E-state index < -0.39 is 17.7 Å². The molecule has 1 heterocycles. The van der Waals surface area contributed by atoms with Gasteiger partial charge >= 0.3 is 0 Å². The number of rotatable bonds is 4. The molecule has 2 N–H and O–H groups in total. The van der Waals surface area contributed by atoms with Crippen molar-refractivity contribution in [3.05, 3.63) is 35.4 Å². The van der Waals surface area contributed by atoms with Crippen LogP contribution in [-0.4, -0.2) is 49.4 Å². The van der Waals surface area contributed by atoms with E-state index in [-0.39, 0.29) is 23.9 Å². The van der Waals surface area contributed by atoms with Crippen molar-refractivity contribution in [1.82, 2.24) is 10.2 Å². The lowest BCUT2D eigenvalue weighted by molar-refractivity contribution is -0.896. The van der Waals surface area contributed by atoms with Gasteiger partial charge in [-0.05, 0) is 13.0 Å². The fraction of sp³-hybridized carbons (Fsp3) is 0.500. The van der Waals surface area contributed by atoms with E-state index in [4.69, 9.17) is 0 Å². The Kier molecular flexibility index (Phi) is 5.65. The van der Waals surface area contributed by atoms with Gasteiger partial charge in [-0.25, -0.2) is 8.78 Å². The Bertz CT molecular complexity index is 587. The first-order valence-corrected chi connectivity index (χ1v) is 7.70. The molecule has 1 aromatic rings. The van der Waals surface area contributed by atoms with Crippen molar-refractivity contribution in [2.75, 3.05) is 32.7 Å². The molecule has 1 aromatic carbocycles. The normalized spacial score (nSPS) is 17.0. The first-order chi connectivity index (χ1) is 10.9. The molecule has 7 heteroatoms. The van der Waals surface area contributed by atoms with Crippen LogP contribution in [0.1, 0.15) is 25.5 Å². The molecule has 5 nitrogen and oxygen atoms in total. The molecule has 2 rings (SSSR count). The first kappa shape index (κ1) is 17.3. The van der Waals surface area contributed by atoms with Crippen LogP contribution in [0, 0.1) is 11.6 Å². The average molecular weight is 326 g/mol. The summed E-state index contributed by atoms with van der Waals surface area (Å²) in [5, 5.41) is 2.73. The molecule has 1 atom stereocenters. The zero-order chi connectivity index (χ0) is 17.0. The zero-order valence-electron chi connectivity index (χ0n) is 13.4. The predicted octanol–water partition coefficient (Wildman–Crippen LogP) is -0.111. The van der Waals surface area contributed by atoms with Crippen LogP contribution < -0.4 is 10.2 Å². The zero-order valence-corrected chi connectivity index (χ0v) is 13.4. The second kappa shape index (κ2) is 7.50. The number of halogens is 2. The third kappa shape index (κ3) is 4.72. The Morgan fingerprint density at radius 2 is 1.96 bits per heavy atom. The molecule has 1 saturated heterocycles. The number of hydrogen-bond donors (Lipinski definition) is 2. The third-order valence-corrected chi connectivity index (χ3v) is 4.13. The largest absolute Gasteiger partial charge is 0.345 e. The van der Waals surface area contributed by atoms with Crippen molar-refractivity contribution in [3.63, 3.8) is 0 Å². The molecule has 0 bridgehead atoms. The van der Waals surface area contributed by atoms with Crippen molar-refractivity contribution < 1.29 is 23.3 Å². The lowest BCUT2D eigenvalue weighted by Gasteiger charge is -2.31. The maximum atomic E-state index is 13.7. The summed E-state index contributed by atoms with van der Waals surface area (Å²) in [6, 6.07) is 2.80. The highest BCUT2D eigenvalue weighted by molar-refractivity contribution is 5.77. The van der Waals surface area contributed by atoms with Crippen LogP contribution in [0.15, 0.2) is 18.2 Å². The van der Waals surface area contributed by atoms with E-state index in [1.165, 1.54) is 19.1 Å². The number of quaternary nitrogens is 1. The van der Waals surface area contributed by atoms with Crippen LogP contribution >= 0.6 is 0 Å². The van der Waals surface area contributed by atoms with E-state index in [9.17, 15) is 18.4 Å². The van der Waals surface area contributed by atoms with Crippen LogP contribution in [0.25, 0.3) is 0 Å². The summed E-state index contributed by atoms with van der Waals surface area (Å²) in [6.45, 7) is 6.19. The summed E-state index contributed by atoms with van der Waals surface area (Å²) in [5.74, 6) is -1.45. The number of nitrogens with zero attached hydrogens (tertiary/aromatic N) is 1. The predicted molar refractivity (Wildman–Crippen MR) is 80.7 cm³/mol. The molecule has 0 aromatic heterocycles. The van der Waals surface area contributed by atoms with E-state index >= 15 is 0 Å². The van der Waals surface area contributed by atoms with E-state index in [2.05, 4.69) is 5.32 Å². The summed E-state index contributed by atoms with van der Waals surface area (Å²) >= 11 is 0. The van der Waals surface area contributed by atoms with Crippen LogP contribution in [0.3, 0.4) is 0 Å². The number of piperazine rings is 1. The van der Waals surface area contributed by atoms with Gasteiger partial charge in [0.25, 0.3) is 5.91 Å². The SMILES string of the molecule is CC(=O)N1CC[NH+](CC(=O)N[C@H](C)c2ccc(F)cc2F)CC1. The molecule has 0 saturated carbocycles. The Labute approximate surface area is 134 Å². The quantitative estimate of drug-likeness (QED) is 0.811. The van der Waals surface area contributed by atoms with Gasteiger partial charge in [0.1, 0.15) is 11.6 Å². The van der Waals surface area contributed by atoms with Crippen molar-refractivity contribution in [2.45, 2.75) is 19.9 Å². The number of carbonyl (C=O) groups excluding carboxylic acids is 2. The van der Waals surface area contributed by atoms with Crippen LogP contribution in [0.4, 0.5) is 8.78 Å². The highest BCUT2D eigenvalue weighted by Crippen LogP contribution is 2.17. The Morgan fingerprint density at radius 1 is 1.30 bits per heavy atom. The summed E-state index contributed by atoms with van der Waals surface area (Å²) in [6.07, 6.45) is 0. The maximum Gasteiger partial charge on any atom is 0.275 e. The van der Waals surface area contributed by atoms with Crippen molar-refractivity contribution in [2.24, 2.45) is 0 Å². The molecule has 23 heavy (non-hydrogen) atoms. The van der Waals surface area contributed by atoms with Crippen LogP contribution in [0.5, 0.6) is 0 Å². The fourth-order valence-corrected chi connectivity index (χ4v) is 2.76. The lowest BCUT2D eigenvalue weighted by Crippen LogP contribution is -3.15. The van der Waals surface area contributed by atoms with E-state index in [1.807, 2.05) is 0 Å². The third-order valence-electron chi connectivity index (χ3n) is 4.13. The molecule has 126 valence electrons. The van der Waals surface area contributed by atoms with Gasteiger partial charge in [0.2, 0.25) is 5.91 Å². The Hall–Kier alpha value is -2.02. The number of hydrogen-bond acceptors (Lipinski definition) is 2. The second-order valence-corrected chi connectivity index (χ2v) is 5.89. The van der Waals surface area contributed by atoms with Gasteiger partial charge in [0.15, 0.2) is 6.54 Å². The fourth-order valence-electron chi connectivity index (χ4n) is 2.76. The highest BCUT2D eigenvalue weighted by atomic mass is 19.1. The summed E-state index contributed by atoms with van der Waals surface area (Å²) < 4.78 is 26.6. The van der Waals surface area contributed by atoms with Gasteiger partial charge < -0.3 is 15.1 Å². The van der Waals surface area contributed by atoms with Crippen LogP contribution in [-0.2, 0) is 9.59 Å². The molecule has 0 radical (unpaired) electrons. The van der Waals surface area contributed by atoms with Gasteiger partial charge in [-0.1, -0.05) is 6.07 Å². The minimum atomic E-state index is -0.666. The molecule has 0 unspecified atom stereocenters. The lowest BCUT2D eigenvalue weighted by atomic mass is 10.1. The van der Waals surface area contributed by atoms with Crippen molar-refractivity contribution >= 4 is 11.8 Å². The summed E-state index contributed by atoms with van der Waals surface area (Å²) in [5.41, 5.74) is 0.260. The number of carbonyl (C=O) groups is 2. The molecule has 1 aliphatic heterocycles. The first-order valence-electron chi connectivity index (χ1n) is 7.70. The van der Waals surface area contributed by atoms with Gasteiger partial charge in [-0.3, -0.25) is 9.59 Å². The minimum Gasteiger partial charge on any atom is -0.345 e. The van der Waals surface area contributed by atoms with Gasteiger partial charge in [0, 0.05) is 18.6 Å². The van der Waals surface area contributed by atoms with Gasteiger partial charge in [-0.2, -0.15) is 0 Å². The summed E-state index contributed by atoms with van der Waals surface area (Å²) in [7, 11) is 0. The second-order valence-electron chi connectivity index (χ2n) is 5.89. The van der Waals surface area contributed by atoms with E-state index in [0.29, 0.717) is 26.2 Å². The Balaban J connectivity index is 1.84. The van der Waals surface area contributed by atoms with Gasteiger partial charge in [-0.15, -0.1) is 0 Å². The molecule has 1 aliphatic rings. The van der Waals surface area contributed by atoms with E-state index in [0.717, 1.165) is 11.0 Å². The number of benzene rings is 1. The molecule has 1 fully saturated rings. The highest BCUT2D eigenvalue weighted by Gasteiger charge is 2.24. The van der Waals surface area contributed by atoms with Crippen molar-refractivity contribution in [1.29, 1.82) is 0 Å². The molecule has 0 aliphatic carbocycles. The molecular weight excluding hydrogens is 304 g/mol. The van der Waals surface area contributed by atoms with Crippen molar-refractivity contribution in [3.8, 4) is 0 Å². The Morgan fingerprint density at radius 3 is 2.52 bits per heavy atom. The monoisotopic (exact) mass is 326 g/mol. The van der Waals surface area contributed by atoms with Gasteiger partial charge in [0.05, 0.1) is 32.2 Å². The molecule has 2 amide bonds. The number of nitrogens with one attached hydrogen (secondary N) is 2. The van der Waals surface area contributed by atoms with Crippen LogP contribution in [0.2, 0.25) is 0 Å². The van der Waals surface area contributed by atoms with E-state index in [1.54, 1.807) is 11.8 Å². The average Bonchev–Trinajstić information content (AvgIpc) is 2.47. The molecule has 0 spiro atoms. The smallest absolute Gasteiger partial charge is 0.275 e. The number of amides is 2. The minimum absolute atomic E-state index is 0.0499. The molecular formula is C16H22F2N3O2+.